The zero-order valence-corrected chi connectivity index (χ0v) is 17.5. The smallest absolute Gasteiger partial charge is 0.174 e. The Morgan fingerprint density at radius 2 is 1.97 bits per heavy atom. The normalized spacial score (nSPS) is 12.0. The first-order chi connectivity index (χ1) is 15.0. The lowest BCUT2D eigenvalue weighted by molar-refractivity contribution is 0.112. The number of hydrogen-bond acceptors (Lipinski definition) is 5. The Kier molecular flexibility index (Phi) is 4.63. The number of rotatable bonds is 4. The highest BCUT2D eigenvalue weighted by molar-refractivity contribution is 7.14. The van der Waals surface area contributed by atoms with Crippen molar-refractivity contribution in [2.45, 2.75) is 13.8 Å². The van der Waals surface area contributed by atoms with Crippen molar-refractivity contribution in [2.24, 2.45) is 4.99 Å². The molecule has 0 aliphatic heterocycles. The molecule has 8 heteroatoms. The van der Waals surface area contributed by atoms with Gasteiger partial charge in [0, 0.05) is 22.8 Å². The van der Waals surface area contributed by atoms with E-state index in [2.05, 4.69) is 51.8 Å². The van der Waals surface area contributed by atoms with Crippen LogP contribution in [-0.2, 0) is 0 Å². The van der Waals surface area contributed by atoms with Crippen molar-refractivity contribution in [1.29, 1.82) is 0 Å². The second-order valence-corrected chi connectivity index (χ2v) is 8.05. The number of benzene rings is 1. The van der Waals surface area contributed by atoms with E-state index in [1.165, 1.54) is 24.5 Å². The Bertz CT molecular complexity index is 1490. The van der Waals surface area contributed by atoms with Crippen LogP contribution in [0.3, 0.4) is 0 Å². The molecule has 1 N–H and O–H groups in total. The lowest BCUT2D eigenvalue weighted by Crippen LogP contribution is -2.10. The summed E-state index contributed by atoms with van der Waals surface area (Å²) in [5.41, 5.74) is 4.79. The number of H-pyrrole nitrogens is 1. The highest BCUT2D eigenvalue weighted by Crippen LogP contribution is 2.34. The zero-order valence-electron chi connectivity index (χ0n) is 16.7. The van der Waals surface area contributed by atoms with Gasteiger partial charge < -0.3 is 8.98 Å². The summed E-state index contributed by atoms with van der Waals surface area (Å²) in [5, 5.41) is 10.1. The number of aromatic nitrogens is 3. The third-order valence-corrected chi connectivity index (χ3v) is 6.04. The van der Waals surface area contributed by atoms with Crippen molar-refractivity contribution in [3.05, 3.63) is 82.2 Å². The Morgan fingerprint density at radius 1 is 1.16 bits per heavy atom. The van der Waals surface area contributed by atoms with E-state index in [0.29, 0.717) is 28.4 Å². The molecule has 0 fully saturated rings. The molecule has 0 radical (unpaired) electrons. The fraction of sp³-hybridized carbons (Fsp3) is 0.0870. The monoisotopic (exact) mass is 432 g/mol. The second-order valence-electron chi connectivity index (χ2n) is 7.14. The maximum atomic E-state index is 13.8. The molecule has 0 spiro atoms. The molecule has 6 nitrogen and oxygen atoms in total. The topological polar surface area (TPSA) is 76.2 Å². The van der Waals surface area contributed by atoms with Gasteiger partial charge in [0.25, 0.3) is 0 Å². The van der Waals surface area contributed by atoms with Gasteiger partial charge in [-0.05, 0) is 55.6 Å². The van der Waals surface area contributed by atoms with Crippen molar-refractivity contribution < 1.29 is 13.6 Å². The Morgan fingerprint density at radius 3 is 2.74 bits per heavy atom. The van der Waals surface area contributed by atoms with E-state index in [1.807, 2.05) is 11.4 Å². The van der Waals surface area contributed by atoms with Gasteiger partial charge in [-0.25, -0.2) is 9.38 Å². The van der Waals surface area contributed by atoms with Crippen LogP contribution in [0.25, 0.3) is 27.2 Å². The largest absolute Gasteiger partial charge is 0.463 e. The van der Waals surface area contributed by atoms with E-state index in [-0.39, 0.29) is 5.56 Å². The molecule has 0 atom stereocenters. The molecule has 31 heavy (non-hydrogen) atoms. The number of aryl methyl sites for hydroxylation is 2. The van der Waals surface area contributed by atoms with Crippen LogP contribution in [0.5, 0.6) is 0 Å². The summed E-state index contributed by atoms with van der Waals surface area (Å²) in [6, 6.07) is 12.1. The SMILES string of the molecule is Cc1ccc(C)n1-c1ccsc1-c1cc(N=c2c(C=O)coc3ccc(F)cc23)n[nH]1. The van der Waals surface area contributed by atoms with E-state index in [1.54, 1.807) is 11.3 Å². The van der Waals surface area contributed by atoms with Gasteiger partial charge in [-0.2, -0.15) is 5.10 Å². The van der Waals surface area contributed by atoms with Crippen LogP contribution >= 0.6 is 11.3 Å². The molecule has 4 heterocycles. The molecule has 0 unspecified atom stereocenters. The number of carbonyl (C=O) groups is 1. The number of aromatic amines is 1. The van der Waals surface area contributed by atoms with Crippen molar-refractivity contribution >= 4 is 34.4 Å². The standard InChI is InChI=1S/C23H17FN4O2S/c1-13-3-4-14(2)28(13)19-7-8-31-23(19)18-10-21(27-26-18)25-22-15(11-29)12-30-20-6-5-16(24)9-17(20)22/h3-12H,1-2H3,(H,26,27). The van der Waals surface area contributed by atoms with Gasteiger partial charge in [0.05, 0.1) is 27.2 Å². The van der Waals surface area contributed by atoms with Crippen molar-refractivity contribution in [1.82, 2.24) is 14.8 Å². The zero-order chi connectivity index (χ0) is 21.5. The summed E-state index contributed by atoms with van der Waals surface area (Å²) in [6.45, 7) is 4.13. The van der Waals surface area contributed by atoms with Gasteiger partial charge in [-0.1, -0.05) is 0 Å². The first-order valence-corrected chi connectivity index (χ1v) is 10.4. The highest BCUT2D eigenvalue weighted by atomic mass is 32.1. The lowest BCUT2D eigenvalue weighted by atomic mass is 10.1. The maximum Gasteiger partial charge on any atom is 0.174 e. The maximum absolute atomic E-state index is 13.8. The molecule has 0 amide bonds. The number of fused-ring (bicyclic) bond motifs is 1. The molecule has 0 saturated heterocycles. The quantitative estimate of drug-likeness (QED) is 0.382. The molecular weight excluding hydrogens is 415 g/mol. The molecule has 154 valence electrons. The van der Waals surface area contributed by atoms with E-state index in [4.69, 9.17) is 4.42 Å². The molecule has 4 aromatic heterocycles. The first kappa shape index (κ1) is 19.2. The van der Waals surface area contributed by atoms with E-state index >= 15 is 0 Å². The Balaban J connectivity index is 1.65. The van der Waals surface area contributed by atoms with Crippen molar-refractivity contribution in [3.63, 3.8) is 0 Å². The molecule has 0 aliphatic carbocycles. The summed E-state index contributed by atoms with van der Waals surface area (Å²) in [6.07, 6.45) is 1.95. The summed E-state index contributed by atoms with van der Waals surface area (Å²) >= 11 is 1.60. The number of hydrogen-bond donors (Lipinski definition) is 1. The predicted molar refractivity (Wildman–Crippen MR) is 117 cm³/mol. The molecule has 5 aromatic rings. The second kappa shape index (κ2) is 7.48. The molecule has 0 saturated carbocycles. The fourth-order valence-corrected chi connectivity index (χ4v) is 4.51. The highest BCUT2D eigenvalue weighted by Gasteiger charge is 2.15. The number of nitrogens with one attached hydrogen (secondary N) is 1. The molecular formula is C23H17FN4O2S. The van der Waals surface area contributed by atoms with Crippen molar-refractivity contribution in [3.8, 4) is 16.3 Å². The van der Waals surface area contributed by atoms with Gasteiger partial charge in [0.15, 0.2) is 12.1 Å². The predicted octanol–water partition coefficient (Wildman–Crippen LogP) is 5.48. The minimum absolute atomic E-state index is 0.220. The van der Waals surface area contributed by atoms with Gasteiger partial charge in [-0.3, -0.25) is 9.89 Å². The van der Waals surface area contributed by atoms with E-state index < -0.39 is 5.82 Å². The van der Waals surface area contributed by atoms with Crippen LogP contribution in [-0.4, -0.2) is 21.1 Å². The number of carbonyl (C=O) groups excluding carboxylic acids is 1. The van der Waals surface area contributed by atoms with Gasteiger partial charge >= 0.3 is 0 Å². The Hall–Kier alpha value is -3.78. The third-order valence-electron chi connectivity index (χ3n) is 5.10. The van der Waals surface area contributed by atoms with E-state index in [9.17, 15) is 9.18 Å². The molecule has 1 aromatic carbocycles. The van der Waals surface area contributed by atoms with Crippen LogP contribution in [0.4, 0.5) is 10.2 Å². The van der Waals surface area contributed by atoms with Gasteiger partial charge in [-0.15, -0.1) is 11.3 Å². The minimum Gasteiger partial charge on any atom is -0.463 e. The van der Waals surface area contributed by atoms with Crippen LogP contribution in [0, 0.1) is 19.7 Å². The van der Waals surface area contributed by atoms with Crippen molar-refractivity contribution in [2.75, 3.05) is 0 Å². The minimum atomic E-state index is -0.439. The Labute approximate surface area is 180 Å². The van der Waals surface area contributed by atoms with Gasteiger partial charge in [0.2, 0.25) is 0 Å². The van der Waals surface area contributed by atoms with Crippen LogP contribution < -0.4 is 5.36 Å². The number of aldehydes is 1. The lowest BCUT2D eigenvalue weighted by Gasteiger charge is -2.09. The summed E-state index contributed by atoms with van der Waals surface area (Å²) in [4.78, 5) is 17.1. The first-order valence-electron chi connectivity index (χ1n) is 9.55. The third kappa shape index (κ3) is 3.30. The average Bonchev–Trinajstić information content (AvgIpc) is 3.48. The molecule has 0 aliphatic rings. The molecule has 0 bridgehead atoms. The number of nitrogens with zero attached hydrogens (tertiary/aromatic N) is 3. The van der Waals surface area contributed by atoms with Gasteiger partial charge in [0.1, 0.15) is 17.7 Å². The summed E-state index contributed by atoms with van der Waals surface area (Å²) in [7, 11) is 0. The number of halogens is 1. The summed E-state index contributed by atoms with van der Waals surface area (Å²) in [5.74, 6) is -0.0548. The van der Waals surface area contributed by atoms with E-state index in [0.717, 1.165) is 27.6 Å². The number of thiophene rings is 1. The average molecular weight is 432 g/mol. The van der Waals surface area contributed by atoms with Crippen LogP contribution in [0.15, 0.2) is 63.5 Å². The molecule has 5 rings (SSSR count). The fourth-order valence-electron chi connectivity index (χ4n) is 3.66. The van der Waals surface area contributed by atoms with Crippen LogP contribution in [0.2, 0.25) is 0 Å². The summed E-state index contributed by atoms with van der Waals surface area (Å²) < 4.78 is 21.4. The van der Waals surface area contributed by atoms with Crippen LogP contribution in [0.1, 0.15) is 21.7 Å².